The maximum absolute atomic E-state index is 13.1. The summed E-state index contributed by atoms with van der Waals surface area (Å²) in [5.41, 5.74) is 17.9. The molecule has 2 aromatic rings. The molecule has 0 unspecified atom stereocenters. The van der Waals surface area contributed by atoms with Gasteiger partial charge in [0.2, 0.25) is 11.8 Å². The highest BCUT2D eigenvalue weighted by Gasteiger charge is 2.40. The van der Waals surface area contributed by atoms with Crippen LogP contribution in [0.3, 0.4) is 0 Å². The summed E-state index contributed by atoms with van der Waals surface area (Å²) in [7, 11) is -1.18. The SMILES string of the molecule is CC1(C)OB(O)c2cc(C(=O)NC[C@@H](CCc3ccc(C(F)(F)F)cc3)NC(=O)[C@@H](N)CCC(=O)N(CCN)CCN)ccc21. The fourth-order valence-electron chi connectivity index (χ4n) is 5.16. The molecule has 1 heterocycles. The highest BCUT2D eigenvalue weighted by atomic mass is 19.4. The van der Waals surface area contributed by atoms with Crippen LogP contribution in [0, 0.1) is 0 Å². The minimum Gasteiger partial charge on any atom is -0.423 e. The topological polar surface area (TPSA) is 186 Å². The number of aryl methyl sites for hydroxylation is 1. The monoisotopic (exact) mass is 634 g/mol. The first-order chi connectivity index (χ1) is 21.2. The van der Waals surface area contributed by atoms with E-state index < -0.39 is 48.4 Å². The van der Waals surface area contributed by atoms with Gasteiger partial charge in [0.05, 0.1) is 17.2 Å². The maximum atomic E-state index is 13.1. The summed E-state index contributed by atoms with van der Waals surface area (Å²) in [6.45, 7) is 4.80. The van der Waals surface area contributed by atoms with E-state index in [1.807, 2.05) is 13.8 Å². The number of benzene rings is 2. The molecular weight excluding hydrogens is 592 g/mol. The molecule has 2 atom stereocenters. The molecular formula is C30H42BF3N6O5. The van der Waals surface area contributed by atoms with Crippen LogP contribution in [0.15, 0.2) is 42.5 Å². The highest BCUT2D eigenvalue weighted by molar-refractivity contribution is 6.62. The zero-order valence-electron chi connectivity index (χ0n) is 25.5. The minimum absolute atomic E-state index is 0.00619. The Kier molecular flexibility index (Phi) is 12.5. The Morgan fingerprint density at radius 2 is 1.69 bits per heavy atom. The third-order valence-corrected chi connectivity index (χ3v) is 7.71. The summed E-state index contributed by atoms with van der Waals surface area (Å²) in [5.74, 6) is -1.23. The van der Waals surface area contributed by atoms with E-state index in [9.17, 15) is 32.6 Å². The summed E-state index contributed by atoms with van der Waals surface area (Å²) < 4.78 is 44.5. The number of carbonyl (C=O) groups is 3. The summed E-state index contributed by atoms with van der Waals surface area (Å²) >= 11 is 0. The van der Waals surface area contributed by atoms with Crippen LogP contribution in [0.25, 0.3) is 0 Å². The molecule has 246 valence electrons. The van der Waals surface area contributed by atoms with Crippen molar-refractivity contribution in [1.29, 1.82) is 0 Å². The lowest BCUT2D eigenvalue weighted by Gasteiger charge is -2.24. The number of fused-ring (bicyclic) bond motifs is 1. The Labute approximate surface area is 261 Å². The smallest absolute Gasteiger partial charge is 0.423 e. The number of rotatable bonds is 15. The second-order valence-electron chi connectivity index (χ2n) is 11.5. The van der Waals surface area contributed by atoms with Crippen molar-refractivity contribution in [3.8, 4) is 0 Å². The molecule has 0 saturated carbocycles. The van der Waals surface area contributed by atoms with Gasteiger partial charge in [-0.3, -0.25) is 14.4 Å². The predicted octanol–water partition coefficient (Wildman–Crippen LogP) is 0.359. The summed E-state index contributed by atoms with van der Waals surface area (Å²) in [6.07, 6.45) is -3.82. The molecule has 0 bridgehead atoms. The van der Waals surface area contributed by atoms with E-state index in [1.165, 1.54) is 17.0 Å². The molecule has 3 amide bonds. The number of amides is 3. The van der Waals surface area contributed by atoms with Crippen LogP contribution < -0.4 is 33.3 Å². The van der Waals surface area contributed by atoms with Crippen molar-refractivity contribution in [2.45, 2.75) is 63.4 Å². The van der Waals surface area contributed by atoms with Gasteiger partial charge in [-0.1, -0.05) is 18.2 Å². The molecule has 0 radical (unpaired) electrons. The molecule has 0 aromatic heterocycles. The van der Waals surface area contributed by atoms with Gasteiger partial charge in [0, 0.05) is 50.7 Å². The van der Waals surface area contributed by atoms with Crippen molar-refractivity contribution < 1.29 is 37.2 Å². The van der Waals surface area contributed by atoms with Gasteiger partial charge in [-0.25, -0.2) is 0 Å². The maximum Gasteiger partial charge on any atom is 0.492 e. The van der Waals surface area contributed by atoms with E-state index in [0.29, 0.717) is 30.5 Å². The van der Waals surface area contributed by atoms with Gasteiger partial charge in [-0.2, -0.15) is 13.2 Å². The first-order valence-electron chi connectivity index (χ1n) is 14.8. The normalized spacial score (nSPS) is 15.3. The van der Waals surface area contributed by atoms with Crippen LogP contribution in [0.1, 0.15) is 60.2 Å². The van der Waals surface area contributed by atoms with E-state index in [1.54, 1.807) is 18.2 Å². The molecule has 9 N–H and O–H groups in total. The molecule has 1 aliphatic heterocycles. The van der Waals surface area contributed by atoms with Gasteiger partial charge in [0.15, 0.2) is 0 Å². The molecule has 0 saturated heterocycles. The average molecular weight is 635 g/mol. The van der Waals surface area contributed by atoms with Gasteiger partial charge in [0.25, 0.3) is 5.91 Å². The zero-order chi connectivity index (χ0) is 33.4. The van der Waals surface area contributed by atoms with Crippen LogP contribution >= 0.6 is 0 Å². The lowest BCUT2D eigenvalue weighted by Crippen LogP contribution is -2.50. The van der Waals surface area contributed by atoms with E-state index >= 15 is 0 Å². The Hall–Kier alpha value is -3.50. The minimum atomic E-state index is -4.46. The predicted molar refractivity (Wildman–Crippen MR) is 164 cm³/mol. The van der Waals surface area contributed by atoms with Crippen LogP contribution in [0.4, 0.5) is 13.2 Å². The first kappa shape index (κ1) is 36.0. The first-order valence-corrected chi connectivity index (χ1v) is 14.8. The fourth-order valence-corrected chi connectivity index (χ4v) is 5.16. The van der Waals surface area contributed by atoms with Crippen LogP contribution in [-0.2, 0) is 32.4 Å². The number of nitrogens with two attached hydrogens (primary N) is 3. The van der Waals surface area contributed by atoms with Crippen molar-refractivity contribution >= 4 is 30.3 Å². The number of nitrogens with zero attached hydrogens (tertiary/aromatic N) is 1. The lowest BCUT2D eigenvalue weighted by atomic mass is 9.77. The van der Waals surface area contributed by atoms with Crippen LogP contribution in [-0.4, -0.2) is 79.6 Å². The summed E-state index contributed by atoms with van der Waals surface area (Å²) in [4.78, 5) is 40.1. The van der Waals surface area contributed by atoms with Crippen LogP contribution in [0.2, 0.25) is 0 Å². The van der Waals surface area contributed by atoms with Crippen molar-refractivity contribution in [3.05, 3.63) is 64.7 Å². The standard InChI is InChI=1S/C30H42BF3N6O5/c1-29(2)23-10-6-20(17-24(23)31(44)45-29)27(42)38-18-22(9-5-19-3-7-21(8-4-19)30(32,33)34)39-28(43)25(37)11-12-26(41)40(15-13-35)16-14-36/h3-4,6-8,10,17,22,25,44H,5,9,11-16,18,35-37H2,1-2H3,(H,38,42)(H,39,43)/t22-,25+/m1/s1. The number of alkyl halides is 3. The van der Waals surface area contributed by atoms with E-state index in [2.05, 4.69) is 10.6 Å². The molecule has 0 spiro atoms. The number of hydrogen-bond donors (Lipinski definition) is 6. The molecule has 15 heteroatoms. The van der Waals surface area contributed by atoms with E-state index in [0.717, 1.165) is 17.7 Å². The summed E-state index contributed by atoms with van der Waals surface area (Å²) in [6, 6.07) is 7.91. The van der Waals surface area contributed by atoms with Crippen molar-refractivity contribution in [2.75, 3.05) is 32.7 Å². The van der Waals surface area contributed by atoms with Gasteiger partial charge >= 0.3 is 13.3 Å². The number of hydrogen-bond acceptors (Lipinski definition) is 8. The third-order valence-electron chi connectivity index (χ3n) is 7.71. The number of carbonyl (C=O) groups excluding carboxylic acids is 3. The van der Waals surface area contributed by atoms with Crippen molar-refractivity contribution in [1.82, 2.24) is 15.5 Å². The van der Waals surface area contributed by atoms with Crippen molar-refractivity contribution in [3.63, 3.8) is 0 Å². The Bertz CT molecular complexity index is 1320. The van der Waals surface area contributed by atoms with Crippen LogP contribution in [0.5, 0.6) is 0 Å². The molecule has 1 aliphatic rings. The molecule has 3 rings (SSSR count). The molecule has 0 fully saturated rings. The van der Waals surface area contributed by atoms with Gasteiger partial charge < -0.3 is 42.4 Å². The highest BCUT2D eigenvalue weighted by Crippen LogP contribution is 2.30. The summed E-state index contributed by atoms with van der Waals surface area (Å²) in [5, 5.41) is 15.9. The van der Waals surface area contributed by atoms with E-state index in [-0.39, 0.29) is 50.4 Å². The molecule has 2 aromatic carbocycles. The van der Waals surface area contributed by atoms with Gasteiger partial charge in [0.1, 0.15) is 0 Å². The Morgan fingerprint density at radius 3 is 2.29 bits per heavy atom. The number of halogens is 3. The van der Waals surface area contributed by atoms with Crippen molar-refractivity contribution in [2.24, 2.45) is 17.2 Å². The molecule has 0 aliphatic carbocycles. The number of nitrogens with one attached hydrogen (secondary N) is 2. The fraction of sp³-hybridized carbons (Fsp3) is 0.500. The second-order valence-corrected chi connectivity index (χ2v) is 11.5. The Balaban J connectivity index is 1.67. The average Bonchev–Trinajstić information content (AvgIpc) is 3.23. The zero-order valence-corrected chi connectivity index (χ0v) is 25.5. The molecule has 45 heavy (non-hydrogen) atoms. The third kappa shape index (κ3) is 10.00. The van der Waals surface area contributed by atoms with Gasteiger partial charge in [-0.15, -0.1) is 0 Å². The largest absolute Gasteiger partial charge is 0.492 e. The quantitative estimate of drug-likeness (QED) is 0.152. The van der Waals surface area contributed by atoms with Gasteiger partial charge in [-0.05, 0) is 74.0 Å². The second kappa shape index (κ2) is 15.7. The lowest BCUT2D eigenvalue weighted by molar-refractivity contribution is -0.137. The van der Waals surface area contributed by atoms with E-state index in [4.69, 9.17) is 21.9 Å². The molecule has 11 nitrogen and oxygen atoms in total. The Morgan fingerprint density at radius 1 is 1.04 bits per heavy atom.